The number of ketones is 1. The van der Waals surface area contributed by atoms with Gasteiger partial charge in [0.1, 0.15) is 18.2 Å². The Balaban J connectivity index is 1.42. The van der Waals surface area contributed by atoms with Crippen molar-refractivity contribution >= 4 is 17.2 Å². The number of carbonyl (C=O) groups excluding carboxylic acids is 1. The number of pyridine rings is 2. The molecule has 0 atom stereocenters. The summed E-state index contributed by atoms with van der Waals surface area (Å²) in [7, 11) is 2.06. The number of nitrogen functional groups attached to an aromatic ring is 1. The van der Waals surface area contributed by atoms with Crippen LogP contribution < -0.4 is 11.2 Å². The SMILES string of the molecule is CN1CC=C(c2cnc(N)c(-c3ccc(CC(=O)c4cn(CC(F)(F)F)cc(-c5ccc(F)cc5)c4=O)cc3)c2)CC1. The Labute approximate surface area is 239 Å². The number of carbonyl (C=O) groups is 1. The van der Waals surface area contributed by atoms with Crippen molar-refractivity contribution in [1.29, 1.82) is 0 Å². The van der Waals surface area contributed by atoms with E-state index in [1.165, 1.54) is 17.7 Å². The summed E-state index contributed by atoms with van der Waals surface area (Å²) in [4.78, 5) is 33.1. The lowest BCUT2D eigenvalue weighted by Gasteiger charge is -2.22. The molecule has 0 spiro atoms. The van der Waals surface area contributed by atoms with E-state index < -0.39 is 29.8 Å². The summed E-state index contributed by atoms with van der Waals surface area (Å²) in [5.41, 5.74) is 9.46. The number of benzene rings is 2. The molecule has 4 aromatic rings. The third-order valence-electron chi connectivity index (χ3n) is 7.23. The predicted molar refractivity (Wildman–Crippen MR) is 154 cm³/mol. The Hall–Kier alpha value is -4.57. The minimum atomic E-state index is -4.58. The zero-order valence-corrected chi connectivity index (χ0v) is 22.8. The fourth-order valence-corrected chi connectivity index (χ4v) is 4.96. The average Bonchev–Trinajstić information content (AvgIpc) is 2.95. The molecule has 1 aliphatic rings. The molecule has 0 aliphatic carbocycles. The maximum atomic E-state index is 13.4. The number of rotatable bonds is 7. The van der Waals surface area contributed by atoms with Crippen LogP contribution in [0.2, 0.25) is 0 Å². The highest BCUT2D eigenvalue weighted by atomic mass is 19.4. The molecule has 10 heteroatoms. The van der Waals surface area contributed by atoms with E-state index in [0.29, 0.717) is 11.4 Å². The molecule has 6 nitrogen and oxygen atoms in total. The number of nitrogens with zero attached hydrogens (tertiary/aromatic N) is 3. The summed E-state index contributed by atoms with van der Waals surface area (Å²) in [6.45, 7) is 0.410. The third-order valence-corrected chi connectivity index (χ3v) is 7.23. The highest BCUT2D eigenvalue weighted by molar-refractivity contribution is 5.98. The second-order valence-electron chi connectivity index (χ2n) is 10.4. The van der Waals surface area contributed by atoms with E-state index >= 15 is 0 Å². The molecule has 42 heavy (non-hydrogen) atoms. The highest BCUT2D eigenvalue weighted by Crippen LogP contribution is 2.30. The fourth-order valence-electron chi connectivity index (χ4n) is 4.96. The summed E-state index contributed by atoms with van der Waals surface area (Å²) in [6.07, 6.45) is 2.00. The number of likely N-dealkylation sites (N-methyl/N-ethyl adjacent to an activating group) is 1. The number of Topliss-reactive ketones (excluding diaryl/α,β-unsaturated/α-hetero) is 1. The molecule has 0 unspecified atom stereocenters. The number of halogens is 4. The van der Waals surface area contributed by atoms with Crippen LogP contribution in [0.15, 0.2) is 84.1 Å². The van der Waals surface area contributed by atoms with Crippen LogP contribution in [0.25, 0.3) is 27.8 Å². The number of hydrogen-bond donors (Lipinski definition) is 1. The molecule has 0 amide bonds. The summed E-state index contributed by atoms with van der Waals surface area (Å²) in [6, 6.07) is 13.8. The molecular weight excluding hydrogens is 548 g/mol. The van der Waals surface area contributed by atoms with Crippen molar-refractivity contribution in [2.75, 3.05) is 25.9 Å². The normalized spacial score (nSPS) is 14.1. The van der Waals surface area contributed by atoms with Crippen molar-refractivity contribution in [3.05, 3.63) is 112 Å². The van der Waals surface area contributed by atoms with Crippen LogP contribution in [-0.4, -0.2) is 46.5 Å². The molecule has 2 aromatic carbocycles. The average molecular weight is 577 g/mol. The Morgan fingerprint density at radius 3 is 2.29 bits per heavy atom. The van der Waals surface area contributed by atoms with E-state index in [4.69, 9.17) is 5.73 Å². The van der Waals surface area contributed by atoms with Gasteiger partial charge >= 0.3 is 6.18 Å². The van der Waals surface area contributed by atoms with Crippen LogP contribution in [0.1, 0.15) is 27.9 Å². The lowest BCUT2D eigenvalue weighted by molar-refractivity contribution is -0.140. The lowest BCUT2D eigenvalue weighted by atomic mass is 9.96. The van der Waals surface area contributed by atoms with Crippen LogP contribution in [-0.2, 0) is 13.0 Å². The summed E-state index contributed by atoms with van der Waals surface area (Å²) in [5, 5.41) is 0. The van der Waals surface area contributed by atoms with E-state index in [-0.39, 0.29) is 23.1 Å². The zero-order valence-electron chi connectivity index (χ0n) is 22.8. The molecule has 0 saturated heterocycles. The molecule has 2 N–H and O–H groups in total. The molecule has 0 radical (unpaired) electrons. The molecule has 216 valence electrons. The number of hydrogen-bond acceptors (Lipinski definition) is 5. The summed E-state index contributed by atoms with van der Waals surface area (Å²) in [5.74, 6) is -0.836. The topological polar surface area (TPSA) is 81.2 Å². The molecular formula is C32H28F4N4O2. The van der Waals surface area contributed by atoms with Crippen molar-refractivity contribution in [1.82, 2.24) is 14.5 Å². The first kappa shape index (κ1) is 28.9. The summed E-state index contributed by atoms with van der Waals surface area (Å²) < 4.78 is 53.8. The molecule has 5 rings (SSSR count). The van der Waals surface area contributed by atoms with Gasteiger partial charge in [0.2, 0.25) is 0 Å². The van der Waals surface area contributed by atoms with Crippen LogP contribution in [0, 0.1) is 5.82 Å². The van der Waals surface area contributed by atoms with Gasteiger partial charge in [0, 0.05) is 49.2 Å². The molecule has 0 bridgehead atoms. The van der Waals surface area contributed by atoms with E-state index in [0.717, 1.165) is 65.3 Å². The standard InChI is InChI=1S/C32H28F4N4O2/c1-39-12-10-21(11-13-39)24-15-26(31(37)38-16-24)22-4-2-20(3-5-22)14-29(41)28-18-40(19-32(34,35)36)17-27(30(28)42)23-6-8-25(33)9-7-23/h2-10,15-18H,11-14,19H2,1H3,(H2,37,38). The fraction of sp³-hybridized carbons (Fsp3) is 0.219. The van der Waals surface area contributed by atoms with Crippen LogP contribution >= 0.6 is 0 Å². The first-order chi connectivity index (χ1) is 20.0. The van der Waals surface area contributed by atoms with Crippen LogP contribution in [0.3, 0.4) is 0 Å². The predicted octanol–water partition coefficient (Wildman–Crippen LogP) is 6.01. The van der Waals surface area contributed by atoms with E-state index in [9.17, 15) is 27.2 Å². The maximum Gasteiger partial charge on any atom is 0.406 e. The van der Waals surface area contributed by atoms with Crippen molar-refractivity contribution < 1.29 is 22.4 Å². The lowest BCUT2D eigenvalue weighted by Crippen LogP contribution is -2.24. The van der Waals surface area contributed by atoms with E-state index in [1.807, 2.05) is 6.07 Å². The molecule has 3 heterocycles. The van der Waals surface area contributed by atoms with E-state index in [2.05, 4.69) is 23.0 Å². The molecule has 1 aliphatic heterocycles. The molecule has 0 saturated carbocycles. The van der Waals surface area contributed by atoms with Gasteiger partial charge < -0.3 is 15.2 Å². The van der Waals surface area contributed by atoms with Gasteiger partial charge in [0.05, 0.1) is 5.56 Å². The van der Waals surface area contributed by atoms with Gasteiger partial charge in [-0.2, -0.15) is 13.2 Å². The smallest absolute Gasteiger partial charge is 0.383 e. The second kappa shape index (κ2) is 11.7. The first-order valence-electron chi connectivity index (χ1n) is 13.3. The van der Waals surface area contributed by atoms with Gasteiger partial charge in [-0.25, -0.2) is 9.37 Å². The second-order valence-corrected chi connectivity index (χ2v) is 10.4. The van der Waals surface area contributed by atoms with Crippen molar-refractivity contribution in [2.45, 2.75) is 25.6 Å². The van der Waals surface area contributed by atoms with Gasteiger partial charge in [-0.15, -0.1) is 0 Å². The Morgan fingerprint density at radius 2 is 1.64 bits per heavy atom. The van der Waals surface area contributed by atoms with Gasteiger partial charge in [-0.3, -0.25) is 9.59 Å². The number of nitrogens with two attached hydrogens (primary N) is 1. The van der Waals surface area contributed by atoms with Gasteiger partial charge in [-0.05, 0) is 59.5 Å². The van der Waals surface area contributed by atoms with Crippen LogP contribution in [0.4, 0.5) is 23.4 Å². The maximum absolute atomic E-state index is 13.4. The summed E-state index contributed by atoms with van der Waals surface area (Å²) >= 11 is 0. The monoisotopic (exact) mass is 576 g/mol. The minimum absolute atomic E-state index is 0.122. The number of aromatic nitrogens is 2. The van der Waals surface area contributed by atoms with E-state index in [1.54, 1.807) is 30.5 Å². The first-order valence-corrected chi connectivity index (χ1v) is 13.3. The quantitative estimate of drug-likeness (QED) is 0.216. The van der Waals surface area contributed by atoms with Gasteiger partial charge in [-0.1, -0.05) is 42.5 Å². The van der Waals surface area contributed by atoms with Gasteiger partial charge in [0.15, 0.2) is 11.2 Å². The molecule has 2 aromatic heterocycles. The third kappa shape index (κ3) is 6.66. The van der Waals surface area contributed by atoms with Crippen molar-refractivity contribution in [3.63, 3.8) is 0 Å². The highest BCUT2D eigenvalue weighted by Gasteiger charge is 2.29. The van der Waals surface area contributed by atoms with Crippen LogP contribution in [0.5, 0.6) is 0 Å². The Kier molecular flexibility index (Phi) is 8.08. The Morgan fingerprint density at radius 1 is 0.976 bits per heavy atom. The van der Waals surface area contributed by atoms with Crippen molar-refractivity contribution in [3.8, 4) is 22.3 Å². The number of alkyl halides is 3. The number of anilines is 1. The molecule has 0 fully saturated rings. The minimum Gasteiger partial charge on any atom is -0.383 e. The largest absolute Gasteiger partial charge is 0.406 e. The Bertz CT molecular complexity index is 1710. The zero-order chi connectivity index (χ0) is 30.0. The van der Waals surface area contributed by atoms with Gasteiger partial charge in [0.25, 0.3) is 0 Å². The van der Waals surface area contributed by atoms with Crippen molar-refractivity contribution in [2.24, 2.45) is 0 Å².